The second kappa shape index (κ2) is 62.5. The van der Waals surface area contributed by atoms with Crippen LogP contribution in [-0.4, -0.2) is 77.4 Å². The van der Waals surface area contributed by atoms with E-state index in [2.05, 4.69) is 113 Å². The van der Waals surface area contributed by atoms with Gasteiger partial charge in [-0.15, -0.1) is 0 Å². The molecule has 2 unspecified atom stereocenters. The molecular formula is C66H123NO4. The SMILES string of the molecule is CCCCC/C=C\C/C=C\CCCCCCCCCCOC(COCCCCCCCC/C=C\C/C=C\CCCCC)COCC(CCCN(C)C)OCCCCCCCC/C=C\C/C=C\CCCCC. The van der Waals surface area contributed by atoms with Crippen molar-refractivity contribution in [3.05, 3.63) is 72.9 Å². The summed E-state index contributed by atoms with van der Waals surface area (Å²) in [5.74, 6) is 0. The van der Waals surface area contributed by atoms with Crippen LogP contribution in [0.4, 0.5) is 0 Å². The van der Waals surface area contributed by atoms with Gasteiger partial charge in [0.25, 0.3) is 0 Å². The molecule has 416 valence electrons. The van der Waals surface area contributed by atoms with Gasteiger partial charge in [-0.2, -0.15) is 0 Å². The van der Waals surface area contributed by atoms with Crippen LogP contribution in [0.2, 0.25) is 0 Å². The van der Waals surface area contributed by atoms with Crippen molar-refractivity contribution in [1.82, 2.24) is 4.90 Å². The Morgan fingerprint density at radius 3 is 0.958 bits per heavy atom. The molecule has 0 rings (SSSR count). The Morgan fingerprint density at radius 2 is 0.592 bits per heavy atom. The lowest BCUT2D eigenvalue weighted by molar-refractivity contribution is -0.0834. The van der Waals surface area contributed by atoms with Crippen LogP contribution in [0.25, 0.3) is 0 Å². The van der Waals surface area contributed by atoms with Gasteiger partial charge >= 0.3 is 0 Å². The fourth-order valence-electron chi connectivity index (χ4n) is 8.77. The van der Waals surface area contributed by atoms with Gasteiger partial charge in [0.05, 0.1) is 25.9 Å². The summed E-state index contributed by atoms with van der Waals surface area (Å²) in [5.41, 5.74) is 0. The Balaban J connectivity index is 4.58. The van der Waals surface area contributed by atoms with Crippen molar-refractivity contribution < 1.29 is 18.9 Å². The number of nitrogens with zero attached hydrogens (tertiary/aromatic N) is 1. The van der Waals surface area contributed by atoms with Crippen LogP contribution in [0, 0.1) is 0 Å². The van der Waals surface area contributed by atoms with Gasteiger partial charge in [0.1, 0.15) is 6.10 Å². The molecule has 5 heteroatoms. The van der Waals surface area contributed by atoms with Gasteiger partial charge in [-0.1, -0.05) is 222 Å². The van der Waals surface area contributed by atoms with Crippen molar-refractivity contribution in [2.75, 3.05) is 60.3 Å². The molecule has 0 aromatic carbocycles. The third-order valence-corrected chi connectivity index (χ3v) is 13.4. The van der Waals surface area contributed by atoms with Crippen molar-refractivity contribution in [2.45, 2.75) is 290 Å². The Labute approximate surface area is 445 Å². The molecule has 0 aliphatic carbocycles. The predicted octanol–water partition coefficient (Wildman–Crippen LogP) is 20.4. The van der Waals surface area contributed by atoms with Crippen molar-refractivity contribution >= 4 is 0 Å². The van der Waals surface area contributed by atoms with E-state index in [4.69, 9.17) is 18.9 Å². The Bertz CT molecular complexity index is 1170. The number of hydrogen-bond donors (Lipinski definition) is 0. The molecule has 0 aromatic heterocycles. The van der Waals surface area contributed by atoms with E-state index >= 15 is 0 Å². The standard InChI is InChI=1S/C66H123NO4/c1-6-9-12-15-18-21-24-27-30-33-34-37-40-43-46-49-52-55-61-71-66(63-68-59-53-50-47-44-41-38-35-31-28-25-22-19-16-13-10-7-2)64-69-62-65(57-56-58-67(4)5)70-60-54-51-48-45-42-39-36-32-29-26-23-20-17-14-11-8-3/h18-23,27-32,65-66H,6-17,24-26,33-64H2,1-5H3/b21-18-,22-19-,23-20-,30-27-,31-28-,32-29-. The second-order valence-corrected chi connectivity index (χ2v) is 21.0. The van der Waals surface area contributed by atoms with Gasteiger partial charge in [-0.05, 0) is 149 Å². The highest BCUT2D eigenvalue weighted by Crippen LogP contribution is 2.14. The molecule has 71 heavy (non-hydrogen) atoms. The minimum absolute atomic E-state index is 0.0226. The van der Waals surface area contributed by atoms with Crippen LogP contribution in [-0.2, 0) is 18.9 Å². The Morgan fingerprint density at radius 1 is 0.296 bits per heavy atom. The molecule has 0 aliphatic heterocycles. The monoisotopic (exact) mass is 994 g/mol. The van der Waals surface area contributed by atoms with Crippen molar-refractivity contribution in [1.29, 1.82) is 0 Å². The zero-order chi connectivity index (χ0) is 51.3. The molecule has 0 saturated carbocycles. The van der Waals surface area contributed by atoms with E-state index in [1.807, 2.05) is 0 Å². The van der Waals surface area contributed by atoms with Crippen molar-refractivity contribution in [3.8, 4) is 0 Å². The minimum atomic E-state index is -0.0226. The molecule has 5 nitrogen and oxygen atoms in total. The summed E-state index contributed by atoms with van der Waals surface area (Å²) < 4.78 is 25.6. The zero-order valence-electron chi connectivity index (χ0n) is 48.4. The van der Waals surface area contributed by atoms with Crippen LogP contribution >= 0.6 is 0 Å². The van der Waals surface area contributed by atoms with Crippen LogP contribution in [0.5, 0.6) is 0 Å². The van der Waals surface area contributed by atoms with Gasteiger partial charge in [-0.3, -0.25) is 0 Å². The molecular weight excluding hydrogens is 871 g/mol. The summed E-state index contributed by atoms with van der Waals surface area (Å²) in [4.78, 5) is 2.27. The summed E-state index contributed by atoms with van der Waals surface area (Å²) in [5, 5.41) is 0. The number of unbranched alkanes of at least 4 members (excludes halogenated alkanes) is 29. The maximum atomic E-state index is 6.49. The van der Waals surface area contributed by atoms with Crippen LogP contribution in [0.15, 0.2) is 72.9 Å². The van der Waals surface area contributed by atoms with Crippen molar-refractivity contribution in [2.24, 2.45) is 0 Å². The first-order valence-corrected chi connectivity index (χ1v) is 31.1. The van der Waals surface area contributed by atoms with Crippen molar-refractivity contribution in [3.63, 3.8) is 0 Å². The fourth-order valence-corrected chi connectivity index (χ4v) is 8.77. The molecule has 0 N–H and O–H groups in total. The third-order valence-electron chi connectivity index (χ3n) is 13.4. The maximum absolute atomic E-state index is 6.49. The molecule has 0 spiro atoms. The van der Waals surface area contributed by atoms with Gasteiger partial charge in [0.2, 0.25) is 0 Å². The van der Waals surface area contributed by atoms with E-state index in [0.29, 0.717) is 19.8 Å². The van der Waals surface area contributed by atoms with E-state index in [9.17, 15) is 0 Å². The van der Waals surface area contributed by atoms with Gasteiger partial charge < -0.3 is 23.8 Å². The largest absolute Gasteiger partial charge is 0.379 e. The number of rotatable bonds is 59. The fraction of sp³-hybridized carbons (Fsp3) is 0.818. The summed E-state index contributed by atoms with van der Waals surface area (Å²) >= 11 is 0. The highest BCUT2D eigenvalue weighted by atomic mass is 16.6. The zero-order valence-corrected chi connectivity index (χ0v) is 48.4. The molecule has 0 amide bonds. The average Bonchev–Trinajstić information content (AvgIpc) is 3.37. The minimum Gasteiger partial charge on any atom is -0.379 e. The highest BCUT2D eigenvalue weighted by molar-refractivity contribution is 4.94. The molecule has 0 radical (unpaired) electrons. The van der Waals surface area contributed by atoms with Crippen LogP contribution < -0.4 is 0 Å². The molecule has 0 heterocycles. The smallest absolute Gasteiger partial charge is 0.104 e. The lowest BCUT2D eigenvalue weighted by Crippen LogP contribution is -2.30. The van der Waals surface area contributed by atoms with E-state index in [1.165, 1.54) is 205 Å². The van der Waals surface area contributed by atoms with E-state index in [1.54, 1.807) is 0 Å². The number of hydrogen-bond acceptors (Lipinski definition) is 5. The summed E-state index contributed by atoms with van der Waals surface area (Å²) in [6.45, 7) is 12.1. The quantitative estimate of drug-likeness (QED) is 0.0449. The first kappa shape index (κ1) is 69.2. The molecule has 0 bridgehead atoms. The molecule has 0 fully saturated rings. The molecule has 0 aromatic rings. The van der Waals surface area contributed by atoms with Crippen LogP contribution in [0.1, 0.15) is 278 Å². The first-order chi connectivity index (χ1) is 35.1. The normalized spacial score (nSPS) is 13.4. The highest BCUT2D eigenvalue weighted by Gasteiger charge is 2.15. The molecule has 0 saturated heterocycles. The summed E-state index contributed by atoms with van der Waals surface area (Å²) in [6, 6.07) is 0. The first-order valence-electron chi connectivity index (χ1n) is 31.1. The van der Waals surface area contributed by atoms with Gasteiger partial charge in [-0.25, -0.2) is 0 Å². The van der Waals surface area contributed by atoms with E-state index in [0.717, 1.165) is 77.7 Å². The predicted molar refractivity (Wildman–Crippen MR) is 316 cm³/mol. The van der Waals surface area contributed by atoms with E-state index in [-0.39, 0.29) is 12.2 Å². The Hall–Kier alpha value is -1.76. The number of allylic oxidation sites excluding steroid dienone is 12. The lowest BCUT2D eigenvalue weighted by Gasteiger charge is -2.22. The topological polar surface area (TPSA) is 40.2 Å². The summed E-state index contributed by atoms with van der Waals surface area (Å²) in [6.07, 6.45) is 78.8. The molecule has 2 atom stereocenters. The maximum Gasteiger partial charge on any atom is 0.104 e. The second-order valence-electron chi connectivity index (χ2n) is 21.0. The number of ether oxygens (including phenoxy) is 4. The molecule has 0 aliphatic rings. The lowest BCUT2D eigenvalue weighted by atomic mass is 10.1. The van der Waals surface area contributed by atoms with Gasteiger partial charge in [0.15, 0.2) is 0 Å². The van der Waals surface area contributed by atoms with Gasteiger partial charge in [0, 0.05) is 19.8 Å². The van der Waals surface area contributed by atoms with E-state index < -0.39 is 0 Å². The van der Waals surface area contributed by atoms with Crippen LogP contribution in [0.3, 0.4) is 0 Å². The Kier molecular flexibility index (Phi) is 61.0. The summed E-state index contributed by atoms with van der Waals surface area (Å²) in [7, 11) is 4.32. The third kappa shape index (κ3) is 60.7. The average molecular weight is 995 g/mol.